The van der Waals surface area contributed by atoms with Crippen molar-refractivity contribution >= 4 is 45.0 Å². The molecule has 0 fully saturated rings. The Kier molecular flexibility index (Phi) is 5.68. The Bertz CT molecular complexity index is 1210. The van der Waals surface area contributed by atoms with Gasteiger partial charge in [-0.1, -0.05) is 42.1 Å². The molecule has 1 N–H and O–H groups in total. The van der Waals surface area contributed by atoms with Gasteiger partial charge in [0.2, 0.25) is 11.7 Å². The Morgan fingerprint density at radius 2 is 2.00 bits per heavy atom. The van der Waals surface area contributed by atoms with E-state index in [1.807, 2.05) is 60.0 Å². The minimum absolute atomic E-state index is 0.0549. The molecule has 7 nitrogen and oxygen atoms in total. The largest absolute Gasteiger partial charge is 0.353 e. The first-order valence-corrected chi connectivity index (χ1v) is 11.2. The molecule has 1 amide bonds. The summed E-state index contributed by atoms with van der Waals surface area (Å²) >= 11 is 2.73. The van der Waals surface area contributed by atoms with Crippen LogP contribution >= 0.6 is 23.1 Å². The molecule has 0 saturated carbocycles. The van der Waals surface area contributed by atoms with Gasteiger partial charge in [0.25, 0.3) is 5.56 Å². The Balaban J connectivity index is 1.70. The maximum atomic E-state index is 13.0. The second-order valence-corrected chi connectivity index (χ2v) is 8.81. The maximum Gasteiger partial charge on any atom is 0.272 e. The Morgan fingerprint density at radius 3 is 2.76 bits per heavy atom. The maximum absolute atomic E-state index is 13.0. The van der Waals surface area contributed by atoms with E-state index in [4.69, 9.17) is 0 Å². The van der Waals surface area contributed by atoms with Gasteiger partial charge in [-0.2, -0.15) is 0 Å². The number of carbonyl (C=O) groups excluding carboxylic acids is 1. The zero-order chi connectivity index (χ0) is 20.4. The van der Waals surface area contributed by atoms with E-state index in [0.717, 1.165) is 17.5 Å². The van der Waals surface area contributed by atoms with Crippen LogP contribution in [0.3, 0.4) is 0 Å². The number of carbonyl (C=O) groups is 1. The Hall–Kier alpha value is -2.65. The number of thioether (sulfide) groups is 1. The van der Waals surface area contributed by atoms with Crippen LogP contribution in [-0.2, 0) is 17.8 Å². The van der Waals surface area contributed by atoms with E-state index >= 15 is 0 Å². The van der Waals surface area contributed by atoms with E-state index in [1.54, 1.807) is 4.57 Å². The van der Waals surface area contributed by atoms with Crippen molar-refractivity contribution in [3.05, 3.63) is 57.7 Å². The molecule has 0 aliphatic rings. The van der Waals surface area contributed by atoms with Gasteiger partial charge < -0.3 is 5.32 Å². The van der Waals surface area contributed by atoms with Crippen LogP contribution < -0.4 is 10.9 Å². The predicted molar refractivity (Wildman–Crippen MR) is 117 cm³/mol. The lowest BCUT2D eigenvalue weighted by Gasteiger charge is -2.10. The van der Waals surface area contributed by atoms with E-state index < -0.39 is 0 Å². The van der Waals surface area contributed by atoms with E-state index in [9.17, 15) is 9.59 Å². The van der Waals surface area contributed by atoms with Crippen molar-refractivity contribution in [2.24, 2.45) is 0 Å². The zero-order valence-corrected chi connectivity index (χ0v) is 17.8. The lowest BCUT2D eigenvalue weighted by atomic mass is 10.1. The zero-order valence-electron chi connectivity index (χ0n) is 16.2. The number of nitrogens with one attached hydrogen (secondary N) is 1. The van der Waals surface area contributed by atoms with Crippen molar-refractivity contribution in [3.8, 4) is 0 Å². The lowest BCUT2D eigenvalue weighted by molar-refractivity contribution is -0.119. The fourth-order valence-electron chi connectivity index (χ4n) is 3.17. The molecule has 0 unspecified atom stereocenters. The third-order valence-electron chi connectivity index (χ3n) is 4.43. The molecule has 0 radical (unpaired) electrons. The van der Waals surface area contributed by atoms with Crippen molar-refractivity contribution in [2.75, 3.05) is 5.75 Å². The van der Waals surface area contributed by atoms with Crippen LogP contribution in [0.1, 0.15) is 19.4 Å². The molecule has 9 heteroatoms. The third kappa shape index (κ3) is 4.06. The number of rotatable bonds is 7. The Morgan fingerprint density at radius 1 is 1.21 bits per heavy atom. The number of benzene rings is 1. The van der Waals surface area contributed by atoms with Crippen molar-refractivity contribution in [2.45, 2.75) is 38.0 Å². The first-order valence-electron chi connectivity index (χ1n) is 9.36. The van der Waals surface area contributed by atoms with Crippen molar-refractivity contribution in [1.29, 1.82) is 0 Å². The molecule has 0 aliphatic carbocycles. The molecule has 0 aliphatic heterocycles. The number of aryl methyl sites for hydroxylation is 2. The number of nitrogens with zero attached hydrogens (tertiary/aromatic N) is 4. The SMILES string of the molecule is CC(C)NC(=O)CSc1nnc2n(CCc3ccccc3)c(=O)c3sccc3n12. The quantitative estimate of drug-likeness (QED) is 0.459. The second kappa shape index (κ2) is 8.38. The summed E-state index contributed by atoms with van der Waals surface area (Å²) in [6, 6.07) is 12.0. The van der Waals surface area contributed by atoms with Crippen LogP contribution in [0.4, 0.5) is 0 Å². The molecule has 29 heavy (non-hydrogen) atoms. The molecule has 1 aromatic carbocycles. The van der Waals surface area contributed by atoms with Crippen LogP contribution in [0.25, 0.3) is 16.0 Å². The summed E-state index contributed by atoms with van der Waals surface area (Å²) in [6.07, 6.45) is 0.722. The highest BCUT2D eigenvalue weighted by Crippen LogP contribution is 2.24. The summed E-state index contributed by atoms with van der Waals surface area (Å²) in [5, 5.41) is 13.9. The molecular formula is C20H21N5O2S2. The van der Waals surface area contributed by atoms with Crippen LogP contribution in [0.5, 0.6) is 0 Å². The highest BCUT2D eigenvalue weighted by Gasteiger charge is 2.18. The average Bonchev–Trinajstić information content (AvgIpc) is 3.33. The Labute approximate surface area is 175 Å². The average molecular weight is 428 g/mol. The second-order valence-electron chi connectivity index (χ2n) is 6.96. The smallest absolute Gasteiger partial charge is 0.272 e. The van der Waals surface area contributed by atoms with Gasteiger partial charge >= 0.3 is 0 Å². The van der Waals surface area contributed by atoms with Gasteiger partial charge in [0.1, 0.15) is 4.70 Å². The monoisotopic (exact) mass is 427 g/mol. The molecule has 3 aromatic heterocycles. The van der Waals surface area contributed by atoms with Gasteiger partial charge in [-0.25, -0.2) is 0 Å². The number of thiophene rings is 1. The molecule has 4 aromatic rings. The van der Waals surface area contributed by atoms with Gasteiger partial charge in [0, 0.05) is 12.6 Å². The third-order valence-corrected chi connectivity index (χ3v) is 6.25. The van der Waals surface area contributed by atoms with E-state index in [0.29, 0.717) is 22.2 Å². The van der Waals surface area contributed by atoms with Crippen LogP contribution in [0, 0.1) is 0 Å². The van der Waals surface area contributed by atoms with Gasteiger partial charge in [-0.15, -0.1) is 21.5 Å². The molecule has 0 bridgehead atoms. The molecule has 4 rings (SSSR count). The normalized spacial score (nSPS) is 11.6. The van der Waals surface area contributed by atoms with Crippen LogP contribution in [-0.4, -0.2) is 36.9 Å². The molecule has 0 atom stereocenters. The first-order chi connectivity index (χ1) is 14.0. The van der Waals surface area contributed by atoms with Gasteiger partial charge in [0.05, 0.1) is 11.3 Å². The summed E-state index contributed by atoms with van der Waals surface area (Å²) in [5.74, 6) is 0.692. The van der Waals surface area contributed by atoms with Gasteiger partial charge in [-0.3, -0.25) is 18.6 Å². The molecule has 150 valence electrons. The van der Waals surface area contributed by atoms with Crippen LogP contribution in [0.15, 0.2) is 51.7 Å². The van der Waals surface area contributed by atoms with Crippen molar-refractivity contribution < 1.29 is 4.79 Å². The number of aromatic nitrogens is 4. The summed E-state index contributed by atoms with van der Waals surface area (Å²) in [7, 11) is 0. The topological polar surface area (TPSA) is 81.3 Å². The molecular weight excluding hydrogens is 406 g/mol. The highest BCUT2D eigenvalue weighted by atomic mass is 32.2. The van der Waals surface area contributed by atoms with Gasteiger partial charge in [-0.05, 0) is 37.3 Å². The summed E-state index contributed by atoms with van der Waals surface area (Å²) < 4.78 is 4.22. The fourth-order valence-corrected chi connectivity index (χ4v) is 4.75. The molecule has 0 saturated heterocycles. The van der Waals surface area contributed by atoms with E-state index in [1.165, 1.54) is 23.1 Å². The minimum Gasteiger partial charge on any atom is -0.353 e. The number of hydrogen-bond acceptors (Lipinski definition) is 6. The summed E-state index contributed by atoms with van der Waals surface area (Å²) in [6.45, 7) is 4.36. The van der Waals surface area contributed by atoms with Gasteiger partial charge in [0.15, 0.2) is 5.16 Å². The lowest BCUT2D eigenvalue weighted by Crippen LogP contribution is -2.31. The fraction of sp³-hybridized carbons (Fsp3) is 0.300. The number of fused-ring (bicyclic) bond motifs is 3. The van der Waals surface area contributed by atoms with Crippen LogP contribution in [0.2, 0.25) is 0 Å². The highest BCUT2D eigenvalue weighted by molar-refractivity contribution is 7.99. The molecule has 3 heterocycles. The standard InChI is InChI=1S/C20H21N5O2S2/c1-13(2)21-16(26)12-29-20-23-22-19-24(10-8-14-6-4-3-5-7-14)18(27)17-15(25(19)20)9-11-28-17/h3-7,9,11,13H,8,10,12H2,1-2H3,(H,21,26). The number of hydrogen-bond donors (Lipinski definition) is 1. The number of amides is 1. The minimum atomic E-state index is -0.0556. The molecule has 0 spiro atoms. The summed E-state index contributed by atoms with van der Waals surface area (Å²) in [4.78, 5) is 25.1. The van der Waals surface area contributed by atoms with E-state index in [2.05, 4.69) is 15.5 Å². The first kappa shape index (κ1) is 19.7. The van der Waals surface area contributed by atoms with E-state index in [-0.39, 0.29) is 23.3 Å². The summed E-state index contributed by atoms with van der Waals surface area (Å²) in [5.41, 5.74) is 1.88. The van der Waals surface area contributed by atoms with Crippen molar-refractivity contribution in [3.63, 3.8) is 0 Å². The predicted octanol–water partition coefficient (Wildman–Crippen LogP) is 2.97. The van der Waals surface area contributed by atoms with Crippen molar-refractivity contribution in [1.82, 2.24) is 24.5 Å².